The molecule has 106 valence electrons. The lowest BCUT2D eigenvalue weighted by Crippen LogP contribution is -2.33. The van der Waals surface area contributed by atoms with Gasteiger partial charge in [-0.1, -0.05) is 13.3 Å². The molecule has 0 aliphatic carbocycles. The Morgan fingerprint density at radius 2 is 2.21 bits per heavy atom. The number of aliphatic hydroxyl groups is 1. The van der Waals surface area contributed by atoms with Crippen molar-refractivity contribution in [3.63, 3.8) is 0 Å². The van der Waals surface area contributed by atoms with Gasteiger partial charge in [0.25, 0.3) is 5.91 Å². The lowest BCUT2D eigenvalue weighted by Gasteiger charge is -2.20. The second-order valence-electron chi connectivity index (χ2n) is 4.24. The number of carbonyl (C=O) groups is 1. The summed E-state index contributed by atoms with van der Waals surface area (Å²) in [6, 6.07) is 3.41. The predicted octanol–water partition coefficient (Wildman–Crippen LogP) is 0.774. The number of hydrazine groups is 1. The molecule has 0 saturated heterocycles. The summed E-state index contributed by atoms with van der Waals surface area (Å²) < 4.78 is 0. The zero-order valence-corrected chi connectivity index (χ0v) is 11.5. The zero-order valence-electron chi connectivity index (χ0n) is 11.5. The van der Waals surface area contributed by atoms with Gasteiger partial charge in [0.15, 0.2) is 0 Å². The van der Waals surface area contributed by atoms with Crippen LogP contribution in [-0.2, 0) is 6.42 Å². The van der Waals surface area contributed by atoms with Gasteiger partial charge in [0, 0.05) is 24.3 Å². The molecule has 0 aliphatic rings. The highest BCUT2D eigenvalue weighted by Crippen LogP contribution is 2.13. The van der Waals surface area contributed by atoms with E-state index in [9.17, 15) is 4.79 Å². The number of pyridine rings is 1. The molecule has 0 fully saturated rings. The zero-order chi connectivity index (χ0) is 14.3. The molecule has 1 rings (SSSR count). The van der Waals surface area contributed by atoms with Gasteiger partial charge in [0.1, 0.15) is 5.82 Å². The molecule has 0 aromatic carbocycles. The fourth-order valence-electron chi connectivity index (χ4n) is 1.88. The number of nitrogens with two attached hydrogens (primary N) is 1. The van der Waals surface area contributed by atoms with Crippen LogP contribution in [0.1, 0.15) is 36.3 Å². The van der Waals surface area contributed by atoms with Crippen molar-refractivity contribution in [3.05, 3.63) is 23.4 Å². The fraction of sp³-hybridized carbons (Fsp3) is 0.538. The molecule has 0 saturated carbocycles. The van der Waals surface area contributed by atoms with E-state index >= 15 is 0 Å². The van der Waals surface area contributed by atoms with Crippen molar-refractivity contribution in [2.45, 2.75) is 26.7 Å². The number of hydrogen-bond donors (Lipinski definition) is 3. The quantitative estimate of drug-likeness (QED) is 0.501. The molecule has 6 heteroatoms. The van der Waals surface area contributed by atoms with Crippen LogP contribution < -0.4 is 11.3 Å². The van der Waals surface area contributed by atoms with Gasteiger partial charge in [0.05, 0.1) is 6.61 Å². The molecule has 1 amide bonds. The third kappa shape index (κ3) is 4.18. The number of hydrogen-bond acceptors (Lipinski definition) is 5. The van der Waals surface area contributed by atoms with Crippen molar-refractivity contribution in [1.82, 2.24) is 9.88 Å². The molecule has 6 nitrogen and oxygen atoms in total. The van der Waals surface area contributed by atoms with Gasteiger partial charge >= 0.3 is 0 Å². The van der Waals surface area contributed by atoms with Gasteiger partial charge in [-0.3, -0.25) is 4.79 Å². The average Bonchev–Trinajstić information content (AvgIpc) is 2.44. The maximum atomic E-state index is 12.3. The van der Waals surface area contributed by atoms with Crippen LogP contribution in [0.5, 0.6) is 0 Å². The van der Waals surface area contributed by atoms with Gasteiger partial charge in [-0.15, -0.1) is 0 Å². The third-order valence-electron chi connectivity index (χ3n) is 2.82. The molecule has 1 aromatic rings. The van der Waals surface area contributed by atoms with Crippen LogP contribution in [-0.4, -0.2) is 40.6 Å². The second-order valence-corrected chi connectivity index (χ2v) is 4.24. The van der Waals surface area contributed by atoms with Crippen LogP contribution in [0.25, 0.3) is 0 Å². The van der Waals surface area contributed by atoms with Gasteiger partial charge in [-0.25, -0.2) is 10.8 Å². The van der Waals surface area contributed by atoms with E-state index in [-0.39, 0.29) is 12.5 Å². The number of aromatic nitrogens is 1. The van der Waals surface area contributed by atoms with Crippen LogP contribution in [0.15, 0.2) is 12.1 Å². The summed E-state index contributed by atoms with van der Waals surface area (Å²) in [6.07, 6.45) is 1.74. The van der Waals surface area contributed by atoms with Gasteiger partial charge in [0.2, 0.25) is 0 Å². The van der Waals surface area contributed by atoms with Crippen LogP contribution in [0.2, 0.25) is 0 Å². The highest BCUT2D eigenvalue weighted by molar-refractivity contribution is 5.95. The van der Waals surface area contributed by atoms with E-state index in [1.165, 1.54) is 0 Å². The number of aryl methyl sites for hydroxylation is 1. The van der Waals surface area contributed by atoms with Crippen molar-refractivity contribution >= 4 is 11.7 Å². The third-order valence-corrected chi connectivity index (χ3v) is 2.82. The van der Waals surface area contributed by atoms with Crippen LogP contribution in [0, 0.1) is 0 Å². The minimum Gasteiger partial charge on any atom is -0.395 e. The highest BCUT2D eigenvalue weighted by Gasteiger charge is 2.15. The Labute approximate surface area is 113 Å². The Hall–Kier alpha value is -1.66. The number of rotatable bonds is 7. The van der Waals surface area contributed by atoms with E-state index in [4.69, 9.17) is 10.9 Å². The number of nitrogens with one attached hydrogen (secondary N) is 1. The monoisotopic (exact) mass is 266 g/mol. The summed E-state index contributed by atoms with van der Waals surface area (Å²) in [6.45, 7) is 4.76. The molecule has 0 unspecified atom stereocenters. The lowest BCUT2D eigenvalue weighted by atomic mass is 10.1. The fourth-order valence-corrected chi connectivity index (χ4v) is 1.88. The minimum absolute atomic E-state index is 0.0471. The first-order chi connectivity index (χ1) is 9.15. The van der Waals surface area contributed by atoms with E-state index in [0.29, 0.717) is 24.5 Å². The summed E-state index contributed by atoms with van der Waals surface area (Å²) in [5, 5.41) is 8.96. The Morgan fingerprint density at radius 3 is 2.74 bits per heavy atom. The molecule has 0 radical (unpaired) electrons. The topological polar surface area (TPSA) is 91.5 Å². The van der Waals surface area contributed by atoms with Crippen molar-refractivity contribution in [2.75, 3.05) is 25.1 Å². The molecule has 0 bridgehead atoms. The normalized spacial score (nSPS) is 10.3. The molecular weight excluding hydrogens is 244 g/mol. The van der Waals surface area contributed by atoms with Crippen LogP contribution in [0.3, 0.4) is 0 Å². The Balaban J connectivity index is 3.03. The Morgan fingerprint density at radius 1 is 1.47 bits per heavy atom. The number of anilines is 1. The number of carbonyl (C=O) groups excluding carboxylic acids is 1. The molecule has 4 N–H and O–H groups in total. The van der Waals surface area contributed by atoms with E-state index in [1.807, 2.05) is 6.92 Å². The molecule has 0 atom stereocenters. The second kappa shape index (κ2) is 7.70. The average molecular weight is 266 g/mol. The van der Waals surface area contributed by atoms with E-state index in [1.54, 1.807) is 17.0 Å². The number of aliphatic hydroxyl groups excluding tert-OH is 1. The number of nitrogens with zero attached hydrogens (tertiary/aromatic N) is 2. The highest BCUT2D eigenvalue weighted by atomic mass is 16.3. The van der Waals surface area contributed by atoms with Gasteiger partial charge in [-0.2, -0.15) is 0 Å². The first kappa shape index (κ1) is 15.4. The van der Waals surface area contributed by atoms with Gasteiger partial charge < -0.3 is 15.4 Å². The van der Waals surface area contributed by atoms with Crippen molar-refractivity contribution in [3.8, 4) is 0 Å². The Bertz CT molecular complexity index is 423. The molecule has 1 aromatic heterocycles. The summed E-state index contributed by atoms with van der Waals surface area (Å²) in [5.74, 6) is 5.74. The minimum atomic E-state index is -0.118. The van der Waals surface area contributed by atoms with E-state index < -0.39 is 0 Å². The lowest BCUT2D eigenvalue weighted by molar-refractivity contribution is 0.0732. The van der Waals surface area contributed by atoms with Crippen LogP contribution in [0.4, 0.5) is 5.82 Å². The predicted molar refractivity (Wildman–Crippen MR) is 74.7 cm³/mol. The van der Waals surface area contributed by atoms with Crippen LogP contribution >= 0.6 is 0 Å². The molecular formula is C13H22N4O2. The first-order valence-corrected chi connectivity index (χ1v) is 6.53. The number of likely N-dealkylation sites (N-methyl/N-ethyl adjacent to an activating group) is 1. The van der Waals surface area contributed by atoms with E-state index in [2.05, 4.69) is 17.3 Å². The molecule has 0 spiro atoms. The largest absolute Gasteiger partial charge is 0.395 e. The maximum absolute atomic E-state index is 12.3. The maximum Gasteiger partial charge on any atom is 0.254 e. The summed E-state index contributed by atoms with van der Waals surface area (Å²) >= 11 is 0. The molecule has 0 aliphatic heterocycles. The molecule has 1 heterocycles. The summed E-state index contributed by atoms with van der Waals surface area (Å²) in [5.41, 5.74) is 3.86. The number of nitrogen functional groups attached to an aromatic ring is 1. The standard InChI is InChI=1S/C13H22N4O2/c1-3-5-11-8-10(9-12(15-11)16-14)13(19)17(4-2)6-7-18/h8-9,18H,3-7,14H2,1-2H3,(H,15,16). The number of amides is 1. The van der Waals surface area contributed by atoms with E-state index in [0.717, 1.165) is 18.5 Å². The summed E-state index contributed by atoms with van der Waals surface area (Å²) in [7, 11) is 0. The van der Waals surface area contributed by atoms with Gasteiger partial charge in [-0.05, 0) is 25.5 Å². The Kier molecular flexibility index (Phi) is 6.24. The summed E-state index contributed by atoms with van der Waals surface area (Å²) in [4.78, 5) is 18.2. The SMILES string of the molecule is CCCc1cc(C(=O)N(CC)CCO)cc(NN)n1. The van der Waals surface area contributed by atoms with Crippen molar-refractivity contribution in [1.29, 1.82) is 0 Å². The first-order valence-electron chi connectivity index (χ1n) is 6.53. The van der Waals surface area contributed by atoms with Crippen molar-refractivity contribution in [2.24, 2.45) is 5.84 Å². The molecule has 19 heavy (non-hydrogen) atoms. The smallest absolute Gasteiger partial charge is 0.254 e. The van der Waals surface area contributed by atoms with Crippen molar-refractivity contribution < 1.29 is 9.90 Å².